The van der Waals surface area contributed by atoms with E-state index in [0.29, 0.717) is 11.1 Å². The summed E-state index contributed by atoms with van der Waals surface area (Å²) in [5.41, 5.74) is 4.39. The molecule has 1 aliphatic carbocycles. The Morgan fingerprint density at radius 3 is 1.96 bits per heavy atom. The standard InChI is InChI=1S/C21H14N2O2/c24-20-16-10-8-14-6-7-15-9-11-17(19(16)18(14)15)21(25)23(20)22-12-13-4-2-1-3-5-13/h1-5,8-12H,6-7H2/b22-12+. The number of amides is 2. The molecule has 0 atom stereocenters. The molecule has 3 aromatic rings. The van der Waals surface area contributed by atoms with Gasteiger partial charge in [0.15, 0.2) is 0 Å². The maximum Gasteiger partial charge on any atom is 0.282 e. The molecular formula is C21H14N2O2. The third-order valence-corrected chi connectivity index (χ3v) is 4.96. The van der Waals surface area contributed by atoms with Crippen molar-refractivity contribution in [1.29, 1.82) is 0 Å². The second-order valence-electron chi connectivity index (χ2n) is 6.37. The zero-order valence-electron chi connectivity index (χ0n) is 13.4. The first-order chi connectivity index (χ1) is 12.2. The molecule has 120 valence electrons. The van der Waals surface area contributed by atoms with Gasteiger partial charge in [0.25, 0.3) is 11.8 Å². The fraction of sp³-hybridized carbons (Fsp3) is 0.0952. The van der Waals surface area contributed by atoms with Gasteiger partial charge in [0.05, 0.1) is 17.3 Å². The first kappa shape index (κ1) is 14.1. The number of benzene rings is 3. The van der Waals surface area contributed by atoms with E-state index in [1.54, 1.807) is 6.21 Å². The van der Waals surface area contributed by atoms with Gasteiger partial charge in [-0.15, -0.1) is 0 Å². The summed E-state index contributed by atoms with van der Waals surface area (Å²) < 4.78 is 0. The molecule has 0 fully saturated rings. The summed E-state index contributed by atoms with van der Waals surface area (Å²) in [6.45, 7) is 0. The van der Waals surface area contributed by atoms with Gasteiger partial charge in [0.2, 0.25) is 0 Å². The topological polar surface area (TPSA) is 49.7 Å². The summed E-state index contributed by atoms with van der Waals surface area (Å²) in [6, 6.07) is 17.1. The molecule has 2 aliphatic rings. The number of imide groups is 1. The van der Waals surface area contributed by atoms with E-state index in [-0.39, 0.29) is 11.8 Å². The van der Waals surface area contributed by atoms with E-state index in [4.69, 9.17) is 0 Å². The van der Waals surface area contributed by atoms with E-state index >= 15 is 0 Å². The number of nitrogens with zero attached hydrogens (tertiary/aromatic N) is 2. The van der Waals surface area contributed by atoms with Gasteiger partial charge >= 0.3 is 0 Å². The molecule has 3 aromatic carbocycles. The van der Waals surface area contributed by atoms with Gasteiger partial charge in [0.1, 0.15) is 0 Å². The maximum atomic E-state index is 12.9. The molecule has 2 amide bonds. The third kappa shape index (κ3) is 1.97. The monoisotopic (exact) mass is 326 g/mol. The number of rotatable bonds is 2. The Morgan fingerprint density at radius 2 is 1.36 bits per heavy atom. The second-order valence-corrected chi connectivity index (χ2v) is 6.37. The SMILES string of the molecule is O=C1c2ccc3c4c(ccc(c24)C(=O)N1/N=C/c1ccccc1)CC3. The third-order valence-electron chi connectivity index (χ3n) is 4.96. The van der Waals surface area contributed by atoms with Crippen LogP contribution in [0.15, 0.2) is 59.7 Å². The molecule has 1 aliphatic heterocycles. The van der Waals surface area contributed by atoms with Crippen LogP contribution < -0.4 is 0 Å². The van der Waals surface area contributed by atoms with Crippen molar-refractivity contribution in [3.05, 3.63) is 82.4 Å². The van der Waals surface area contributed by atoms with Crippen molar-refractivity contribution in [2.45, 2.75) is 12.8 Å². The van der Waals surface area contributed by atoms with Crippen LogP contribution >= 0.6 is 0 Å². The van der Waals surface area contributed by atoms with Crippen LogP contribution in [0.5, 0.6) is 0 Å². The van der Waals surface area contributed by atoms with E-state index in [1.807, 2.05) is 54.6 Å². The Bertz CT molecular complexity index is 1030. The molecule has 1 heterocycles. The number of carbonyl (C=O) groups is 2. The van der Waals surface area contributed by atoms with E-state index in [2.05, 4.69) is 5.10 Å². The van der Waals surface area contributed by atoms with Crippen LogP contribution in [-0.2, 0) is 12.8 Å². The van der Waals surface area contributed by atoms with Crippen molar-refractivity contribution < 1.29 is 9.59 Å². The van der Waals surface area contributed by atoms with Crippen LogP contribution in [0, 0.1) is 0 Å². The van der Waals surface area contributed by atoms with Crippen LogP contribution in [0.2, 0.25) is 0 Å². The molecule has 4 nitrogen and oxygen atoms in total. The summed E-state index contributed by atoms with van der Waals surface area (Å²) >= 11 is 0. The number of hydrogen-bond acceptors (Lipinski definition) is 3. The summed E-state index contributed by atoms with van der Waals surface area (Å²) in [5.74, 6) is -0.722. The fourth-order valence-corrected chi connectivity index (χ4v) is 3.77. The predicted octanol–water partition coefficient (Wildman–Crippen LogP) is 3.57. The molecule has 0 spiro atoms. The Labute approximate surface area is 144 Å². The van der Waals surface area contributed by atoms with E-state index < -0.39 is 0 Å². The minimum Gasteiger partial charge on any atom is -0.267 e. The quantitative estimate of drug-likeness (QED) is 0.534. The minimum atomic E-state index is -0.361. The molecule has 4 heteroatoms. The van der Waals surface area contributed by atoms with Crippen molar-refractivity contribution in [2.75, 3.05) is 0 Å². The van der Waals surface area contributed by atoms with Gasteiger partial charge in [-0.1, -0.05) is 42.5 Å². The molecule has 5 rings (SSSR count). The highest BCUT2D eigenvalue weighted by molar-refractivity contribution is 6.26. The molecule has 0 N–H and O–H groups in total. The highest BCUT2D eigenvalue weighted by atomic mass is 16.2. The lowest BCUT2D eigenvalue weighted by atomic mass is 9.92. The van der Waals surface area contributed by atoms with Crippen molar-refractivity contribution in [2.24, 2.45) is 5.10 Å². The zero-order chi connectivity index (χ0) is 17.0. The van der Waals surface area contributed by atoms with Crippen LogP contribution in [0.1, 0.15) is 37.4 Å². The Kier molecular flexibility index (Phi) is 2.88. The number of carbonyl (C=O) groups excluding carboxylic acids is 2. The second kappa shape index (κ2) is 5.11. The van der Waals surface area contributed by atoms with Crippen molar-refractivity contribution >= 4 is 28.8 Å². The first-order valence-electron chi connectivity index (χ1n) is 8.29. The van der Waals surface area contributed by atoms with Gasteiger partial charge < -0.3 is 0 Å². The smallest absolute Gasteiger partial charge is 0.267 e. The highest BCUT2D eigenvalue weighted by Gasteiger charge is 2.34. The molecule has 0 radical (unpaired) electrons. The fourth-order valence-electron chi connectivity index (χ4n) is 3.77. The van der Waals surface area contributed by atoms with E-state index in [1.165, 1.54) is 11.1 Å². The normalized spacial score (nSPS) is 15.6. The summed E-state index contributed by atoms with van der Waals surface area (Å²) in [6.07, 6.45) is 3.47. The summed E-state index contributed by atoms with van der Waals surface area (Å²) in [5, 5.41) is 7.03. The predicted molar refractivity (Wildman–Crippen MR) is 95.9 cm³/mol. The van der Waals surface area contributed by atoms with Gasteiger partial charge in [-0.05, 0) is 47.1 Å². The lowest BCUT2D eigenvalue weighted by Crippen LogP contribution is -2.36. The Morgan fingerprint density at radius 1 is 0.760 bits per heavy atom. The van der Waals surface area contributed by atoms with E-state index in [0.717, 1.165) is 34.2 Å². The zero-order valence-corrected chi connectivity index (χ0v) is 13.4. The van der Waals surface area contributed by atoms with Gasteiger partial charge in [-0.3, -0.25) is 9.59 Å². The van der Waals surface area contributed by atoms with Crippen molar-refractivity contribution in [3.63, 3.8) is 0 Å². The number of hydrogen-bond donors (Lipinski definition) is 0. The van der Waals surface area contributed by atoms with E-state index in [9.17, 15) is 9.59 Å². The van der Waals surface area contributed by atoms with Crippen molar-refractivity contribution in [1.82, 2.24) is 5.01 Å². The Hall–Kier alpha value is -3.27. The van der Waals surface area contributed by atoms with Gasteiger partial charge in [-0.2, -0.15) is 10.1 Å². The lowest BCUT2D eigenvalue weighted by molar-refractivity contribution is 0.0616. The molecule has 0 bridgehead atoms. The maximum absolute atomic E-state index is 12.9. The molecule has 0 aromatic heterocycles. The Balaban J connectivity index is 1.66. The average Bonchev–Trinajstić information content (AvgIpc) is 3.07. The van der Waals surface area contributed by atoms with Crippen LogP contribution in [0.4, 0.5) is 0 Å². The number of hydrazone groups is 1. The molecule has 0 saturated carbocycles. The average molecular weight is 326 g/mol. The largest absolute Gasteiger partial charge is 0.282 e. The van der Waals surface area contributed by atoms with Gasteiger partial charge in [-0.25, -0.2) is 0 Å². The highest BCUT2D eigenvalue weighted by Crippen LogP contribution is 2.38. The molecule has 0 unspecified atom stereocenters. The van der Waals surface area contributed by atoms with Crippen LogP contribution in [0.3, 0.4) is 0 Å². The first-order valence-corrected chi connectivity index (χ1v) is 8.29. The van der Waals surface area contributed by atoms with Gasteiger partial charge in [0, 0.05) is 5.39 Å². The lowest BCUT2D eigenvalue weighted by Gasteiger charge is -2.23. The van der Waals surface area contributed by atoms with Crippen LogP contribution in [-0.4, -0.2) is 23.0 Å². The van der Waals surface area contributed by atoms with Crippen LogP contribution in [0.25, 0.3) is 10.8 Å². The molecule has 0 saturated heterocycles. The number of aryl methyl sites for hydroxylation is 2. The minimum absolute atomic E-state index is 0.361. The molecular weight excluding hydrogens is 312 g/mol. The molecule has 25 heavy (non-hydrogen) atoms. The van der Waals surface area contributed by atoms with Crippen molar-refractivity contribution in [3.8, 4) is 0 Å². The summed E-state index contributed by atoms with van der Waals surface area (Å²) in [4.78, 5) is 25.7. The summed E-state index contributed by atoms with van der Waals surface area (Å²) in [7, 11) is 0.